The number of H-pyrrole nitrogens is 1. The van der Waals surface area contributed by atoms with E-state index in [4.69, 9.17) is 5.11 Å². The van der Waals surface area contributed by atoms with Gasteiger partial charge in [-0.2, -0.15) is 0 Å². The number of aromatic amines is 1. The highest BCUT2D eigenvalue weighted by molar-refractivity contribution is 7.16. The lowest BCUT2D eigenvalue weighted by Crippen LogP contribution is -2.06. The first kappa shape index (κ1) is 10.0. The Balaban J connectivity index is 2.61. The van der Waals surface area contributed by atoms with Crippen molar-refractivity contribution in [2.45, 2.75) is 0 Å². The van der Waals surface area contributed by atoms with Gasteiger partial charge in [0.05, 0.1) is 16.5 Å². The molecule has 0 spiro atoms. The van der Waals surface area contributed by atoms with Crippen molar-refractivity contribution >= 4 is 38.4 Å². The molecule has 17 heavy (non-hydrogen) atoms. The Kier molecular flexibility index (Phi) is 2.02. The lowest BCUT2D eigenvalue weighted by molar-refractivity contribution is 0.0699. The summed E-state index contributed by atoms with van der Waals surface area (Å²) >= 11 is 1.39. The number of nitrogens with one attached hydrogen (secondary N) is 1. The smallest absolute Gasteiger partial charge is 0.337 e. The number of pyridine rings is 1. The van der Waals surface area contributed by atoms with Gasteiger partial charge in [0.1, 0.15) is 4.83 Å². The molecule has 0 radical (unpaired) electrons. The first-order valence-corrected chi connectivity index (χ1v) is 5.82. The van der Waals surface area contributed by atoms with Gasteiger partial charge in [0.2, 0.25) is 0 Å². The van der Waals surface area contributed by atoms with Gasteiger partial charge in [-0.05, 0) is 23.6 Å². The van der Waals surface area contributed by atoms with Crippen LogP contribution in [0, 0.1) is 0 Å². The predicted molar refractivity (Wildman–Crippen MR) is 66.9 cm³/mol. The monoisotopic (exact) mass is 245 g/mol. The standard InChI is InChI=1S/C12H7NO3S/c14-10-6-2-1-3-7(12(15)16)9(6)13-11-8(10)4-5-17-11/h1-5H,(H,13,14)(H,15,16). The summed E-state index contributed by atoms with van der Waals surface area (Å²) in [4.78, 5) is 26.9. The number of para-hydroxylation sites is 1. The second-order valence-corrected chi connectivity index (χ2v) is 4.57. The Labute approximate surface area is 99.1 Å². The molecular formula is C12H7NO3S. The molecule has 84 valence electrons. The lowest BCUT2D eigenvalue weighted by atomic mass is 10.1. The molecule has 3 rings (SSSR count). The average Bonchev–Trinajstić information content (AvgIpc) is 2.77. The van der Waals surface area contributed by atoms with Crippen LogP contribution in [0.25, 0.3) is 21.1 Å². The molecule has 5 heteroatoms. The minimum absolute atomic E-state index is 0.120. The van der Waals surface area contributed by atoms with Gasteiger partial charge in [0.15, 0.2) is 5.43 Å². The van der Waals surface area contributed by atoms with Gasteiger partial charge < -0.3 is 10.1 Å². The van der Waals surface area contributed by atoms with Gasteiger partial charge in [0.25, 0.3) is 0 Å². The van der Waals surface area contributed by atoms with E-state index in [9.17, 15) is 9.59 Å². The molecule has 0 saturated carbocycles. The molecule has 0 aliphatic rings. The fourth-order valence-electron chi connectivity index (χ4n) is 1.90. The van der Waals surface area contributed by atoms with E-state index >= 15 is 0 Å². The first-order chi connectivity index (χ1) is 8.18. The summed E-state index contributed by atoms with van der Waals surface area (Å²) in [5.41, 5.74) is 0.382. The predicted octanol–water partition coefficient (Wildman–Crippen LogP) is 2.44. The van der Waals surface area contributed by atoms with E-state index in [-0.39, 0.29) is 11.0 Å². The highest BCUT2D eigenvalue weighted by Crippen LogP contribution is 2.21. The van der Waals surface area contributed by atoms with Crippen molar-refractivity contribution in [3.05, 3.63) is 45.4 Å². The third kappa shape index (κ3) is 1.36. The molecule has 0 aliphatic carbocycles. The summed E-state index contributed by atoms with van der Waals surface area (Å²) in [6.45, 7) is 0. The molecule has 0 saturated heterocycles. The third-order valence-corrected chi connectivity index (χ3v) is 3.52. The number of carboxylic acid groups (broad SMARTS) is 1. The van der Waals surface area contributed by atoms with Crippen molar-refractivity contribution in [1.82, 2.24) is 4.98 Å². The normalized spacial score (nSPS) is 11.1. The Bertz CT molecular complexity index is 800. The second-order valence-electron chi connectivity index (χ2n) is 3.65. The summed E-state index contributed by atoms with van der Waals surface area (Å²) in [6, 6.07) is 6.45. The van der Waals surface area contributed by atoms with Crippen LogP contribution < -0.4 is 5.43 Å². The fraction of sp³-hybridized carbons (Fsp3) is 0. The summed E-state index contributed by atoms with van der Waals surface area (Å²) in [7, 11) is 0. The molecule has 0 atom stereocenters. The molecular weight excluding hydrogens is 238 g/mol. The number of thiophene rings is 1. The number of benzene rings is 1. The molecule has 0 bridgehead atoms. The van der Waals surface area contributed by atoms with E-state index in [1.165, 1.54) is 17.4 Å². The van der Waals surface area contributed by atoms with Crippen LogP contribution in [0.5, 0.6) is 0 Å². The zero-order valence-corrected chi connectivity index (χ0v) is 9.38. The number of rotatable bonds is 1. The van der Waals surface area contributed by atoms with E-state index < -0.39 is 5.97 Å². The van der Waals surface area contributed by atoms with E-state index in [2.05, 4.69) is 4.98 Å². The summed E-state index contributed by atoms with van der Waals surface area (Å²) in [6.07, 6.45) is 0. The van der Waals surface area contributed by atoms with Crippen molar-refractivity contribution in [3.63, 3.8) is 0 Å². The van der Waals surface area contributed by atoms with Crippen LogP contribution in [0.2, 0.25) is 0 Å². The topological polar surface area (TPSA) is 70.2 Å². The molecule has 0 aliphatic heterocycles. The maximum atomic E-state index is 12.1. The number of aromatic nitrogens is 1. The van der Waals surface area contributed by atoms with E-state index in [1.54, 1.807) is 18.2 Å². The number of carboxylic acids is 1. The van der Waals surface area contributed by atoms with E-state index in [1.807, 2.05) is 5.38 Å². The van der Waals surface area contributed by atoms with Crippen molar-refractivity contribution in [1.29, 1.82) is 0 Å². The van der Waals surface area contributed by atoms with Crippen LogP contribution in [0.1, 0.15) is 10.4 Å². The molecule has 2 N–H and O–H groups in total. The second kappa shape index (κ2) is 3.43. The largest absolute Gasteiger partial charge is 0.478 e. The third-order valence-electron chi connectivity index (χ3n) is 2.69. The van der Waals surface area contributed by atoms with Gasteiger partial charge in [-0.25, -0.2) is 4.79 Å². The molecule has 1 aromatic carbocycles. The molecule has 0 fully saturated rings. The maximum Gasteiger partial charge on any atom is 0.337 e. The highest BCUT2D eigenvalue weighted by atomic mass is 32.1. The van der Waals surface area contributed by atoms with Crippen LogP contribution in [0.15, 0.2) is 34.4 Å². The summed E-state index contributed by atoms with van der Waals surface area (Å²) < 4.78 is 0. The SMILES string of the molecule is O=C(O)c1cccc2c(=O)c3ccsc3[nH]c12. The summed E-state index contributed by atoms with van der Waals surface area (Å²) in [5, 5.41) is 11.9. The van der Waals surface area contributed by atoms with Crippen LogP contribution in [-0.4, -0.2) is 16.1 Å². The molecule has 3 aromatic rings. The first-order valence-electron chi connectivity index (χ1n) is 4.94. The minimum Gasteiger partial charge on any atom is -0.478 e. The Morgan fingerprint density at radius 2 is 2.06 bits per heavy atom. The average molecular weight is 245 g/mol. The van der Waals surface area contributed by atoms with Crippen molar-refractivity contribution < 1.29 is 9.90 Å². The zero-order chi connectivity index (χ0) is 12.0. The number of hydrogen-bond donors (Lipinski definition) is 2. The van der Waals surface area contributed by atoms with Crippen molar-refractivity contribution in [2.75, 3.05) is 0 Å². The number of carbonyl (C=O) groups is 1. The number of hydrogen-bond acceptors (Lipinski definition) is 3. The van der Waals surface area contributed by atoms with Crippen LogP contribution in [-0.2, 0) is 0 Å². The quantitative estimate of drug-likeness (QED) is 0.691. The molecule has 2 heterocycles. The van der Waals surface area contributed by atoms with Crippen LogP contribution in [0.3, 0.4) is 0 Å². The Hall–Kier alpha value is -2.14. The van der Waals surface area contributed by atoms with E-state index in [0.29, 0.717) is 21.1 Å². The number of fused-ring (bicyclic) bond motifs is 2. The zero-order valence-electron chi connectivity index (χ0n) is 8.56. The van der Waals surface area contributed by atoms with Crippen LogP contribution in [0.4, 0.5) is 0 Å². The maximum absolute atomic E-state index is 12.1. The summed E-state index contributed by atoms with van der Waals surface area (Å²) in [5.74, 6) is -1.04. The molecule has 0 amide bonds. The van der Waals surface area contributed by atoms with Gasteiger partial charge in [-0.15, -0.1) is 11.3 Å². The van der Waals surface area contributed by atoms with Gasteiger partial charge >= 0.3 is 5.97 Å². The molecule has 2 aromatic heterocycles. The van der Waals surface area contributed by atoms with Gasteiger partial charge in [-0.1, -0.05) is 6.07 Å². The minimum atomic E-state index is -1.04. The van der Waals surface area contributed by atoms with E-state index in [0.717, 1.165) is 0 Å². The highest BCUT2D eigenvalue weighted by Gasteiger charge is 2.12. The lowest BCUT2D eigenvalue weighted by Gasteiger charge is -2.02. The Morgan fingerprint density at radius 3 is 2.82 bits per heavy atom. The van der Waals surface area contributed by atoms with Gasteiger partial charge in [0, 0.05) is 5.39 Å². The fourth-order valence-corrected chi connectivity index (χ4v) is 2.69. The molecule has 0 unspecified atom stereocenters. The van der Waals surface area contributed by atoms with Crippen molar-refractivity contribution in [3.8, 4) is 0 Å². The van der Waals surface area contributed by atoms with Gasteiger partial charge in [-0.3, -0.25) is 4.79 Å². The Morgan fingerprint density at radius 1 is 1.24 bits per heavy atom. The van der Waals surface area contributed by atoms with Crippen molar-refractivity contribution in [2.24, 2.45) is 0 Å². The molecule has 4 nitrogen and oxygen atoms in total. The number of aromatic carboxylic acids is 1. The van der Waals surface area contributed by atoms with Crippen LogP contribution >= 0.6 is 11.3 Å².